The third kappa shape index (κ3) is 2.69. The van der Waals surface area contributed by atoms with Gasteiger partial charge in [-0.3, -0.25) is 9.48 Å². The van der Waals surface area contributed by atoms with E-state index in [4.69, 9.17) is 17.3 Å². The molecule has 1 aromatic rings. The fraction of sp³-hybridized carbons (Fsp3) is 0.667. The average molecular weight is 258 g/mol. The van der Waals surface area contributed by atoms with E-state index in [1.54, 1.807) is 11.7 Å². The minimum Gasteiger partial charge on any atom is -0.319 e. The van der Waals surface area contributed by atoms with Crippen LogP contribution in [0.2, 0.25) is 5.02 Å². The molecule has 0 bridgehead atoms. The van der Waals surface area contributed by atoms with Crippen LogP contribution in [0.15, 0.2) is 0 Å². The average Bonchev–Trinajstić information content (AvgIpc) is 2.54. The predicted octanol–water partition coefficient (Wildman–Crippen LogP) is 2.01. The van der Waals surface area contributed by atoms with Gasteiger partial charge in [-0.05, 0) is 19.8 Å². The highest BCUT2D eigenvalue weighted by Gasteiger charge is 2.31. The van der Waals surface area contributed by atoms with E-state index in [1.165, 1.54) is 0 Å². The van der Waals surface area contributed by atoms with E-state index in [2.05, 4.69) is 5.10 Å². The lowest BCUT2D eigenvalue weighted by Crippen LogP contribution is -2.47. The maximum Gasteiger partial charge on any atom is 0.158 e. The van der Waals surface area contributed by atoms with Crippen LogP contribution in [0.3, 0.4) is 0 Å². The molecule has 96 valence electrons. The van der Waals surface area contributed by atoms with Crippen molar-refractivity contribution < 1.29 is 4.79 Å². The second-order valence-corrected chi connectivity index (χ2v) is 4.81. The van der Waals surface area contributed by atoms with Gasteiger partial charge in [0.05, 0.1) is 28.4 Å². The number of hydrogen-bond donors (Lipinski definition) is 1. The summed E-state index contributed by atoms with van der Waals surface area (Å²) in [4.78, 5) is 12.2. The number of carbonyl (C=O) groups is 1. The number of aromatic nitrogens is 2. The first-order valence-corrected chi connectivity index (χ1v) is 6.23. The highest BCUT2D eigenvalue weighted by Crippen LogP contribution is 2.23. The highest BCUT2D eigenvalue weighted by molar-refractivity contribution is 6.32. The van der Waals surface area contributed by atoms with E-state index in [1.807, 2.05) is 20.8 Å². The van der Waals surface area contributed by atoms with Crippen LogP contribution >= 0.6 is 11.6 Å². The molecule has 4 nitrogen and oxygen atoms in total. The number of Topliss-reactive ketones (excluding diaryl/α,β-unsaturated/α-hetero) is 1. The fourth-order valence-electron chi connectivity index (χ4n) is 1.84. The third-order valence-electron chi connectivity index (χ3n) is 3.41. The molecule has 17 heavy (non-hydrogen) atoms. The molecule has 0 aliphatic rings. The number of rotatable bonds is 5. The second-order valence-electron chi connectivity index (χ2n) is 4.43. The molecule has 0 atom stereocenters. The Balaban J connectivity index is 2.95. The molecule has 1 aromatic heterocycles. The van der Waals surface area contributed by atoms with Gasteiger partial charge in [-0.15, -0.1) is 0 Å². The molecule has 0 saturated heterocycles. The van der Waals surface area contributed by atoms with Gasteiger partial charge >= 0.3 is 0 Å². The van der Waals surface area contributed by atoms with Crippen molar-refractivity contribution in [2.45, 2.75) is 45.6 Å². The highest BCUT2D eigenvalue weighted by atomic mass is 35.5. The lowest BCUT2D eigenvalue weighted by Gasteiger charge is -2.24. The van der Waals surface area contributed by atoms with Crippen molar-refractivity contribution in [2.24, 2.45) is 12.8 Å². The van der Waals surface area contributed by atoms with E-state index in [-0.39, 0.29) is 12.2 Å². The number of halogens is 1. The first-order valence-electron chi connectivity index (χ1n) is 5.85. The van der Waals surface area contributed by atoms with Gasteiger partial charge in [0.2, 0.25) is 0 Å². The quantitative estimate of drug-likeness (QED) is 0.878. The Kier molecular flexibility index (Phi) is 4.33. The Morgan fingerprint density at radius 3 is 2.35 bits per heavy atom. The van der Waals surface area contributed by atoms with Crippen LogP contribution < -0.4 is 5.73 Å². The zero-order chi connectivity index (χ0) is 13.2. The van der Waals surface area contributed by atoms with Crippen molar-refractivity contribution >= 4 is 17.4 Å². The van der Waals surface area contributed by atoms with Gasteiger partial charge in [0.1, 0.15) is 0 Å². The molecule has 1 heterocycles. The minimum atomic E-state index is -0.749. The Morgan fingerprint density at radius 2 is 2.00 bits per heavy atom. The van der Waals surface area contributed by atoms with Gasteiger partial charge in [0.25, 0.3) is 0 Å². The van der Waals surface area contributed by atoms with Crippen molar-refractivity contribution in [3.63, 3.8) is 0 Å². The number of aryl methyl sites for hydroxylation is 2. The number of nitrogens with zero attached hydrogens (tertiary/aromatic N) is 2. The Bertz CT molecular complexity index is 422. The van der Waals surface area contributed by atoms with Crippen LogP contribution in [-0.4, -0.2) is 21.1 Å². The van der Waals surface area contributed by atoms with Crippen LogP contribution in [0.1, 0.15) is 38.1 Å². The summed E-state index contributed by atoms with van der Waals surface area (Å²) in [7, 11) is 1.79. The molecule has 0 amide bonds. The van der Waals surface area contributed by atoms with Crippen LogP contribution in [0.4, 0.5) is 0 Å². The van der Waals surface area contributed by atoms with Crippen molar-refractivity contribution in [3.05, 3.63) is 16.4 Å². The van der Waals surface area contributed by atoms with Crippen molar-refractivity contribution in [2.75, 3.05) is 0 Å². The molecule has 0 aliphatic heterocycles. The molecule has 2 N–H and O–H groups in total. The van der Waals surface area contributed by atoms with Crippen LogP contribution in [0.25, 0.3) is 0 Å². The van der Waals surface area contributed by atoms with E-state index in [0.29, 0.717) is 17.9 Å². The summed E-state index contributed by atoms with van der Waals surface area (Å²) in [5.41, 5.74) is 6.81. The number of ketones is 1. The molecule has 0 radical (unpaired) electrons. The van der Waals surface area contributed by atoms with Gasteiger partial charge < -0.3 is 5.73 Å². The first kappa shape index (κ1) is 14.2. The molecule has 0 spiro atoms. The summed E-state index contributed by atoms with van der Waals surface area (Å²) in [6.07, 6.45) is 1.52. The summed E-state index contributed by atoms with van der Waals surface area (Å²) in [5, 5.41) is 4.75. The van der Waals surface area contributed by atoms with Crippen LogP contribution in [0, 0.1) is 6.92 Å². The SMILES string of the molecule is CCC(N)(CC)C(=O)Cc1c(Cl)c(C)nn1C. The topological polar surface area (TPSA) is 60.9 Å². The molecular formula is C12H20ClN3O. The van der Waals surface area contributed by atoms with Crippen molar-refractivity contribution in [1.82, 2.24) is 9.78 Å². The summed E-state index contributed by atoms with van der Waals surface area (Å²) in [6.45, 7) is 5.68. The second kappa shape index (κ2) is 5.19. The van der Waals surface area contributed by atoms with Gasteiger partial charge in [-0.2, -0.15) is 5.10 Å². The molecule has 0 saturated carbocycles. The maximum absolute atomic E-state index is 12.2. The van der Waals surface area contributed by atoms with Gasteiger partial charge in [0, 0.05) is 7.05 Å². The van der Waals surface area contributed by atoms with Gasteiger partial charge in [-0.25, -0.2) is 0 Å². The molecule has 0 aliphatic carbocycles. The number of hydrogen-bond acceptors (Lipinski definition) is 3. The molecule has 5 heteroatoms. The summed E-state index contributed by atoms with van der Waals surface area (Å²) in [6, 6.07) is 0. The molecular weight excluding hydrogens is 238 g/mol. The first-order chi connectivity index (χ1) is 7.85. The molecule has 0 fully saturated rings. The minimum absolute atomic E-state index is 0.0207. The molecule has 0 aromatic carbocycles. The van der Waals surface area contributed by atoms with E-state index >= 15 is 0 Å². The summed E-state index contributed by atoms with van der Waals surface area (Å²) >= 11 is 6.12. The predicted molar refractivity (Wildman–Crippen MR) is 69.2 cm³/mol. The summed E-state index contributed by atoms with van der Waals surface area (Å²) in [5.74, 6) is 0.0207. The third-order valence-corrected chi connectivity index (χ3v) is 3.90. The van der Waals surface area contributed by atoms with Gasteiger partial charge in [0.15, 0.2) is 5.78 Å². The zero-order valence-corrected chi connectivity index (χ0v) is 11.6. The lowest BCUT2D eigenvalue weighted by molar-refractivity contribution is -0.123. The Hall–Kier alpha value is -0.870. The Morgan fingerprint density at radius 1 is 1.47 bits per heavy atom. The Labute approximate surface area is 107 Å². The normalized spacial score (nSPS) is 11.9. The van der Waals surface area contributed by atoms with Gasteiger partial charge in [-0.1, -0.05) is 25.4 Å². The van der Waals surface area contributed by atoms with E-state index in [9.17, 15) is 4.79 Å². The lowest BCUT2D eigenvalue weighted by atomic mass is 9.87. The standard InChI is InChI=1S/C12H20ClN3O/c1-5-12(14,6-2)10(17)7-9-11(13)8(3)15-16(9)4/h5-7,14H2,1-4H3. The van der Waals surface area contributed by atoms with Crippen molar-refractivity contribution in [1.29, 1.82) is 0 Å². The van der Waals surface area contributed by atoms with Crippen molar-refractivity contribution in [3.8, 4) is 0 Å². The fourth-order valence-corrected chi connectivity index (χ4v) is 2.07. The number of carbonyl (C=O) groups excluding carboxylic acids is 1. The van der Waals surface area contributed by atoms with E-state index < -0.39 is 5.54 Å². The monoisotopic (exact) mass is 257 g/mol. The maximum atomic E-state index is 12.2. The van der Waals surface area contributed by atoms with Crippen LogP contribution in [-0.2, 0) is 18.3 Å². The largest absolute Gasteiger partial charge is 0.319 e. The zero-order valence-electron chi connectivity index (χ0n) is 10.9. The number of nitrogens with two attached hydrogens (primary N) is 1. The van der Waals surface area contributed by atoms with Crippen LogP contribution in [0.5, 0.6) is 0 Å². The molecule has 1 rings (SSSR count). The smallest absolute Gasteiger partial charge is 0.158 e. The molecule has 0 unspecified atom stereocenters. The summed E-state index contributed by atoms with van der Waals surface area (Å²) < 4.78 is 1.65. The van der Waals surface area contributed by atoms with E-state index in [0.717, 1.165) is 11.4 Å².